The van der Waals surface area contributed by atoms with Gasteiger partial charge in [-0.15, -0.1) is 15.2 Å². The number of hydrogen-bond acceptors (Lipinski definition) is 4. The van der Waals surface area contributed by atoms with Crippen molar-refractivity contribution in [1.82, 2.24) is 10.2 Å². The summed E-state index contributed by atoms with van der Waals surface area (Å²) < 4.78 is 0. The summed E-state index contributed by atoms with van der Waals surface area (Å²) in [7, 11) is 0. The van der Waals surface area contributed by atoms with Crippen LogP contribution in [0.25, 0.3) is 0 Å². The maximum absolute atomic E-state index is 9.67. The summed E-state index contributed by atoms with van der Waals surface area (Å²) in [5.74, 6) is 0.208. The molecule has 0 N–H and O–H groups in total. The minimum atomic E-state index is 0.208. The molecular weight excluding hydrogens is 154 g/mol. The fraction of sp³-hybridized carbons (Fsp3) is 0. The van der Waals surface area contributed by atoms with Crippen LogP contribution >= 0.6 is 11.6 Å². The third-order valence-electron chi connectivity index (χ3n) is 0.778. The van der Waals surface area contributed by atoms with E-state index in [0.29, 0.717) is 0 Å². The monoisotopic (exact) mass is 155 g/mol. The maximum Gasteiger partial charge on any atom is 0.242 e. The summed E-state index contributed by atoms with van der Waals surface area (Å²) in [5.41, 5.74) is 0. The molecule has 0 amide bonds. The molecule has 0 aliphatic rings. The van der Waals surface area contributed by atoms with Crippen molar-refractivity contribution in [2.24, 2.45) is 4.99 Å². The number of aliphatic imine (C=N–C) groups is 1. The third-order valence-corrected chi connectivity index (χ3v) is 0.980. The van der Waals surface area contributed by atoms with Crippen molar-refractivity contribution in [3.63, 3.8) is 0 Å². The zero-order chi connectivity index (χ0) is 7.40. The smallest absolute Gasteiger partial charge is 0.211 e. The molecule has 0 spiro atoms. The van der Waals surface area contributed by atoms with E-state index in [1.54, 1.807) is 0 Å². The number of nitrogens with zero attached hydrogens (tertiary/aromatic N) is 3. The van der Waals surface area contributed by atoms with E-state index >= 15 is 0 Å². The Balaban J connectivity index is 3.00. The van der Waals surface area contributed by atoms with Crippen LogP contribution in [0.4, 0.5) is 5.82 Å². The predicted octanol–water partition coefficient (Wildman–Crippen LogP) is 1.10. The highest BCUT2D eigenvalue weighted by atomic mass is 35.5. The molecule has 0 radical (unpaired) electrons. The van der Waals surface area contributed by atoms with Crippen molar-refractivity contribution < 1.29 is 4.79 Å². The van der Waals surface area contributed by atoms with Crippen LogP contribution in [0, 0.1) is 0 Å². The number of aromatic nitrogens is 2. The molecule has 0 aliphatic carbocycles. The minimum absolute atomic E-state index is 0.208. The second-order valence-electron chi connectivity index (χ2n) is 1.42. The Hall–Kier alpha value is -1.25. The second-order valence-corrected chi connectivity index (χ2v) is 1.80. The van der Waals surface area contributed by atoms with Gasteiger partial charge in [-0.05, 0) is 12.1 Å². The molecule has 1 heterocycles. The highest BCUT2D eigenvalue weighted by molar-refractivity contribution is 6.29. The first-order chi connectivity index (χ1) is 4.83. The summed E-state index contributed by atoms with van der Waals surface area (Å²) in [6.45, 7) is 0. The van der Waals surface area contributed by atoms with Crippen molar-refractivity contribution in [3.8, 4) is 0 Å². The predicted molar refractivity (Wildman–Crippen MR) is 34.8 cm³/mol. The van der Waals surface area contributed by atoms with E-state index in [9.17, 15) is 4.79 Å². The molecule has 0 bridgehead atoms. The lowest BCUT2D eigenvalue weighted by molar-refractivity contribution is 0.565. The molecule has 10 heavy (non-hydrogen) atoms. The molecule has 1 aromatic rings. The molecule has 4 nitrogen and oxygen atoms in total. The molecule has 0 saturated heterocycles. The fourth-order valence-electron chi connectivity index (χ4n) is 0.415. The summed E-state index contributed by atoms with van der Waals surface area (Å²) in [5, 5.41) is 7.17. The van der Waals surface area contributed by atoms with Crippen molar-refractivity contribution >= 4 is 23.5 Å². The highest BCUT2D eigenvalue weighted by Crippen LogP contribution is 2.07. The number of isocyanates is 1. The Morgan fingerprint density at radius 2 is 2.30 bits per heavy atom. The topological polar surface area (TPSA) is 55.2 Å². The van der Waals surface area contributed by atoms with Gasteiger partial charge in [0.25, 0.3) is 0 Å². The van der Waals surface area contributed by atoms with Crippen molar-refractivity contribution in [1.29, 1.82) is 0 Å². The highest BCUT2D eigenvalue weighted by Gasteiger charge is 1.90. The van der Waals surface area contributed by atoms with Gasteiger partial charge in [0, 0.05) is 0 Å². The van der Waals surface area contributed by atoms with Crippen molar-refractivity contribution in [2.75, 3.05) is 0 Å². The number of carbonyl (C=O) groups excluding carboxylic acids is 1. The Labute approximate surface area is 61.6 Å². The Morgan fingerprint density at radius 1 is 1.50 bits per heavy atom. The van der Waals surface area contributed by atoms with Crippen molar-refractivity contribution in [3.05, 3.63) is 17.3 Å². The van der Waals surface area contributed by atoms with E-state index in [1.807, 2.05) is 0 Å². The molecular formula is C5H2ClN3O. The van der Waals surface area contributed by atoms with Crippen LogP contribution in [0.15, 0.2) is 17.1 Å². The summed E-state index contributed by atoms with van der Waals surface area (Å²) in [6, 6.07) is 2.96. The normalized spacial score (nSPS) is 8.50. The summed E-state index contributed by atoms with van der Waals surface area (Å²) >= 11 is 5.40. The molecule has 0 atom stereocenters. The molecule has 0 unspecified atom stereocenters. The van der Waals surface area contributed by atoms with Crippen LogP contribution in [0.1, 0.15) is 0 Å². The largest absolute Gasteiger partial charge is 0.242 e. The minimum Gasteiger partial charge on any atom is -0.211 e. The quantitative estimate of drug-likeness (QED) is 0.451. The van der Waals surface area contributed by atoms with E-state index in [2.05, 4.69) is 15.2 Å². The van der Waals surface area contributed by atoms with E-state index < -0.39 is 0 Å². The molecule has 50 valence electrons. The van der Waals surface area contributed by atoms with Crippen LogP contribution in [-0.4, -0.2) is 16.3 Å². The lowest BCUT2D eigenvalue weighted by Gasteiger charge is -1.85. The number of hydrogen-bond donors (Lipinski definition) is 0. The van der Waals surface area contributed by atoms with Gasteiger partial charge in [-0.25, -0.2) is 4.79 Å². The van der Waals surface area contributed by atoms with Gasteiger partial charge in [0.05, 0.1) is 0 Å². The Bertz CT molecular complexity index is 265. The molecule has 0 aliphatic heterocycles. The van der Waals surface area contributed by atoms with Gasteiger partial charge in [-0.3, -0.25) is 0 Å². The van der Waals surface area contributed by atoms with Crippen LogP contribution in [0.2, 0.25) is 5.15 Å². The molecule has 0 fully saturated rings. The number of halogens is 1. The Kier molecular flexibility index (Phi) is 2.10. The average molecular weight is 156 g/mol. The second kappa shape index (κ2) is 3.06. The van der Waals surface area contributed by atoms with Gasteiger partial charge >= 0.3 is 0 Å². The van der Waals surface area contributed by atoms with Gasteiger partial charge in [0.2, 0.25) is 6.08 Å². The SMILES string of the molecule is O=C=Nc1ccc(Cl)nn1. The average Bonchev–Trinajstić information content (AvgIpc) is 1.95. The fourth-order valence-corrected chi connectivity index (χ4v) is 0.516. The van der Waals surface area contributed by atoms with Crippen LogP contribution < -0.4 is 0 Å². The van der Waals surface area contributed by atoms with Gasteiger partial charge in [0.1, 0.15) is 0 Å². The lowest BCUT2D eigenvalue weighted by atomic mass is 10.5. The molecule has 0 aromatic carbocycles. The molecule has 0 saturated carbocycles. The van der Waals surface area contributed by atoms with Gasteiger partial charge in [0.15, 0.2) is 11.0 Å². The first kappa shape index (κ1) is 6.86. The van der Waals surface area contributed by atoms with Crippen LogP contribution in [-0.2, 0) is 4.79 Å². The molecule has 1 aromatic heterocycles. The van der Waals surface area contributed by atoms with Crippen molar-refractivity contribution in [2.45, 2.75) is 0 Å². The molecule has 5 heteroatoms. The maximum atomic E-state index is 9.67. The zero-order valence-electron chi connectivity index (χ0n) is 4.78. The van der Waals surface area contributed by atoms with Gasteiger partial charge < -0.3 is 0 Å². The van der Waals surface area contributed by atoms with Crippen LogP contribution in [0.3, 0.4) is 0 Å². The summed E-state index contributed by atoms with van der Waals surface area (Å²) in [4.78, 5) is 12.9. The summed E-state index contributed by atoms with van der Waals surface area (Å²) in [6.07, 6.45) is 1.33. The van der Waals surface area contributed by atoms with E-state index in [4.69, 9.17) is 11.6 Å². The van der Waals surface area contributed by atoms with Gasteiger partial charge in [-0.1, -0.05) is 11.6 Å². The molecule has 1 rings (SSSR count). The third kappa shape index (κ3) is 1.62. The van der Waals surface area contributed by atoms with E-state index in [0.717, 1.165) is 0 Å². The number of rotatable bonds is 1. The van der Waals surface area contributed by atoms with E-state index in [1.165, 1.54) is 18.2 Å². The van der Waals surface area contributed by atoms with E-state index in [-0.39, 0.29) is 11.0 Å². The Morgan fingerprint density at radius 3 is 2.80 bits per heavy atom. The first-order valence-electron chi connectivity index (χ1n) is 2.40. The van der Waals surface area contributed by atoms with Gasteiger partial charge in [-0.2, -0.15) is 0 Å². The first-order valence-corrected chi connectivity index (χ1v) is 2.78. The zero-order valence-corrected chi connectivity index (χ0v) is 5.54. The lowest BCUT2D eigenvalue weighted by Crippen LogP contribution is -1.79. The van der Waals surface area contributed by atoms with Crippen LogP contribution in [0.5, 0.6) is 0 Å². The standard InChI is InChI=1S/C5H2ClN3O/c6-4-1-2-5(7-3-10)9-8-4/h1-2H.